The Hall–Kier alpha value is -2.58. The van der Waals surface area contributed by atoms with Crippen molar-refractivity contribution in [2.45, 2.75) is 43.8 Å². The highest BCUT2D eigenvalue weighted by Crippen LogP contribution is 2.34. The van der Waals surface area contributed by atoms with Crippen LogP contribution in [0.25, 0.3) is 21.2 Å². The van der Waals surface area contributed by atoms with Crippen molar-refractivity contribution in [3.05, 3.63) is 56.9 Å². The van der Waals surface area contributed by atoms with E-state index in [0.717, 1.165) is 46.2 Å². The van der Waals surface area contributed by atoms with Crippen molar-refractivity contribution in [1.82, 2.24) is 14.5 Å². The van der Waals surface area contributed by atoms with Crippen LogP contribution in [0.15, 0.2) is 44.7 Å². The third-order valence-electron chi connectivity index (χ3n) is 6.31. The molecule has 1 amide bonds. The molecule has 0 bridgehead atoms. The molecule has 5 rings (SSSR count). The van der Waals surface area contributed by atoms with Crippen LogP contribution in [0.2, 0.25) is 0 Å². The van der Waals surface area contributed by atoms with Gasteiger partial charge in [0.1, 0.15) is 16.2 Å². The molecule has 1 aromatic carbocycles. The summed E-state index contributed by atoms with van der Waals surface area (Å²) in [5.41, 5.74) is 2.00. The van der Waals surface area contributed by atoms with Crippen LogP contribution in [0.1, 0.15) is 42.0 Å². The molecule has 32 heavy (non-hydrogen) atoms. The molecule has 0 saturated heterocycles. The van der Waals surface area contributed by atoms with Crippen molar-refractivity contribution in [2.24, 2.45) is 7.05 Å². The van der Waals surface area contributed by atoms with Crippen LogP contribution in [0.5, 0.6) is 0 Å². The van der Waals surface area contributed by atoms with E-state index in [2.05, 4.69) is 0 Å². The Bertz CT molecular complexity index is 1350. The van der Waals surface area contributed by atoms with E-state index < -0.39 is 0 Å². The summed E-state index contributed by atoms with van der Waals surface area (Å²) in [6.45, 7) is 1.95. The maximum Gasteiger partial charge on any atom is 0.262 e. The lowest BCUT2D eigenvalue weighted by atomic mass is 9.97. The second-order valence-electron chi connectivity index (χ2n) is 8.31. The number of para-hydroxylation sites is 1. The molecule has 0 saturated carbocycles. The van der Waals surface area contributed by atoms with Gasteiger partial charge in [-0.1, -0.05) is 30.0 Å². The minimum atomic E-state index is -0.196. The highest BCUT2D eigenvalue weighted by molar-refractivity contribution is 7.99. The Morgan fingerprint density at radius 3 is 2.91 bits per heavy atom. The summed E-state index contributed by atoms with van der Waals surface area (Å²) in [5.74, 6) is 0.920. The molecule has 1 aliphatic carbocycles. The standard InChI is InChI=1S/C24H25N3O3S2/c1-14(18-12-15-8-4-6-10-17(15)30-18)26(2)20(28)13-31-24-25-22-21(23(29)27(24)3)16-9-5-7-11-19(16)32-22/h4,6,8,10,12,14H,5,7,9,11,13H2,1-3H3. The number of hydrogen-bond donors (Lipinski definition) is 0. The number of benzene rings is 1. The SMILES string of the molecule is CC(c1cc2ccccc2o1)N(C)C(=O)CSc1nc2sc3c(c2c(=O)n1C)CCCC3. The lowest BCUT2D eigenvalue weighted by Crippen LogP contribution is -2.31. The summed E-state index contributed by atoms with van der Waals surface area (Å²) in [4.78, 5) is 34.5. The molecule has 166 valence electrons. The Morgan fingerprint density at radius 2 is 2.09 bits per heavy atom. The highest BCUT2D eigenvalue weighted by Gasteiger charge is 2.24. The van der Waals surface area contributed by atoms with Gasteiger partial charge in [-0.05, 0) is 50.3 Å². The summed E-state index contributed by atoms with van der Waals surface area (Å²) < 4.78 is 7.52. The molecule has 0 spiro atoms. The quantitative estimate of drug-likeness (QED) is 0.307. The summed E-state index contributed by atoms with van der Waals surface area (Å²) in [5, 5.41) is 2.38. The number of thiophene rings is 1. The number of carbonyl (C=O) groups excluding carboxylic acids is 1. The number of fused-ring (bicyclic) bond motifs is 4. The van der Waals surface area contributed by atoms with Crippen LogP contribution in [0.3, 0.4) is 0 Å². The number of carbonyl (C=O) groups is 1. The molecule has 3 aromatic heterocycles. The van der Waals surface area contributed by atoms with Crippen molar-refractivity contribution in [3.8, 4) is 0 Å². The predicted octanol–water partition coefficient (Wildman–Crippen LogP) is 4.93. The van der Waals surface area contributed by atoms with Gasteiger partial charge in [0.25, 0.3) is 5.56 Å². The molecule has 3 heterocycles. The highest BCUT2D eigenvalue weighted by atomic mass is 32.2. The first-order valence-electron chi connectivity index (χ1n) is 10.8. The minimum absolute atomic E-state index is 0.00616. The van der Waals surface area contributed by atoms with Crippen molar-refractivity contribution in [1.29, 1.82) is 0 Å². The Balaban J connectivity index is 1.34. The van der Waals surface area contributed by atoms with E-state index in [1.54, 1.807) is 34.9 Å². The number of aryl methyl sites for hydroxylation is 2. The summed E-state index contributed by atoms with van der Waals surface area (Å²) >= 11 is 2.95. The molecule has 1 unspecified atom stereocenters. The van der Waals surface area contributed by atoms with Crippen molar-refractivity contribution in [3.63, 3.8) is 0 Å². The fourth-order valence-corrected chi connectivity index (χ4v) is 6.44. The van der Waals surface area contributed by atoms with E-state index in [1.807, 2.05) is 37.3 Å². The van der Waals surface area contributed by atoms with Gasteiger partial charge in [0, 0.05) is 24.4 Å². The number of aromatic nitrogens is 2. The topological polar surface area (TPSA) is 68.3 Å². The van der Waals surface area contributed by atoms with E-state index >= 15 is 0 Å². The number of furan rings is 1. The number of thioether (sulfide) groups is 1. The maximum absolute atomic E-state index is 13.0. The van der Waals surface area contributed by atoms with Gasteiger partial charge >= 0.3 is 0 Å². The van der Waals surface area contributed by atoms with E-state index in [9.17, 15) is 9.59 Å². The average Bonchev–Trinajstić information content (AvgIpc) is 3.40. The lowest BCUT2D eigenvalue weighted by molar-refractivity contribution is -0.129. The molecule has 8 heteroatoms. The minimum Gasteiger partial charge on any atom is -0.459 e. The Labute approximate surface area is 194 Å². The van der Waals surface area contributed by atoms with E-state index in [1.165, 1.54) is 28.6 Å². The van der Waals surface area contributed by atoms with E-state index in [0.29, 0.717) is 5.16 Å². The Morgan fingerprint density at radius 1 is 1.31 bits per heavy atom. The van der Waals surface area contributed by atoms with Gasteiger partial charge < -0.3 is 9.32 Å². The molecular formula is C24H25N3O3S2. The molecular weight excluding hydrogens is 442 g/mol. The van der Waals surface area contributed by atoms with Gasteiger partial charge in [-0.3, -0.25) is 14.2 Å². The van der Waals surface area contributed by atoms with Crippen LogP contribution in [-0.4, -0.2) is 33.2 Å². The number of rotatable bonds is 5. The van der Waals surface area contributed by atoms with Gasteiger partial charge in [-0.15, -0.1) is 11.3 Å². The fourth-order valence-electron chi connectivity index (χ4n) is 4.24. The Kier molecular flexibility index (Phi) is 5.59. The average molecular weight is 468 g/mol. The van der Waals surface area contributed by atoms with Crippen LogP contribution in [-0.2, 0) is 24.7 Å². The van der Waals surface area contributed by atoms with E-state index in [-0.39, 0.29) is 23.3 Å². The first-order valence-corrected chi connectivity index (χ1v) is 12.6. The van der Waals surface area contributed by atoms with Crippen LogP contribution < -0.4 is 5.56 Å². The smallest absolute Gasteiger partial charge is 0.262 e. The zero-order valence-corrected chi connectivity index (χ0v) is 20.0. The van der Waals surface area contributed by atoms with Crippen molar-refractivity contribution >= 4 is 50.2 Å². The number of nitrogens with zero attached hydrogens (tertiary/aromatic N) is 3. The largest absolute Gasteiger partial charge is 0.459 e. The third-order valence-corrected chi connectivity index (χ3v) is 8.51. The zero-order chi connectivity index (χ0) is 22.4. The van der Waals surface area contributed by atoms with Gasteiger partial charge in [-0.2, -0.15) is 0 Å². The molecule has 0 N–H and O–H groups in total. The zero-order valence-electron chi connectivity index (χ0n) is 18.4. The first kappa shape index (κ1) is 21.3. The molecule has 1 aliphatic rings. The van der Waals surface area contributed by atoms with Gasteiger partial charge in [0.15, 0.2) is 5.16 Å². The second kappa shape index (κ2) is 8.41. The molecule has 0 radical (unpaired) electrons. The summed E-state index contributed by atoms with van der Waals surface area (Å²) in [6, 6.07) is 9.61. The predicted molar refractivity (Wildman–Crippen MR) is 130 cm³/mol. The van der Waals surface area contributed by atoms with Gasteiger partial charge in [0.2, 0.25) is 5.91 Å². The molecule has 1 atom stereocenters. The van der Waals surface area contributed by atoms with Gasteiger partial charge in [-0.25, -0.2) is 4.98 Å². The van der Waals surface area contributed by atoms with Crippen LogP contribution in [0, 0.1) is 0 Å². The van der Waals surface area contributed by atoms with E-state index in [4.69, 9.17) is 9.40 Å². The number of hydrogen-bond acceptors (Lipinski definition) is 6. The van der Waals surface area contributed by atoms with Crippen LogP contribution in [0.4, 0.5) is 0 Å². The molecule has 4 aromatic rings. The summed E-state index contributed by atoms with van der Waals surface area (Å²) in [6.07, 6.45) is 4.29. The van der Waals surface area contributed by atoms with Gasteiger partial charge in [0.05, 0.1) is 17.2 Å². The number of amides is 1. The van der Waals surface area contributed by atoms with Crippen molar-refractivity contribution < 1.29 is 9.21 Å². The normalized spacial score (nSPS) is 14.6. The maximum atomic E-state index is 13.0. The molecule has 6 nitrogen and oxygen atoms in total. The van der Waals surface area contributed by atoms with Crippen LogP contribution >= 0.6 is 23.1 Å². The molecule has 0 fully saturated rings. The fraction of sp³-hybridized carbons (Fsp3) is 0.375. The first-order chi connectivity index (χ1) is 15.4. The third kappa shape index (κ3) is 3.65. The lowest BCUT2D eigenvalue weighted by Gasteiger charge is -2.23. The molecule has 0 aliphatic heterocycles. The monoisotopic (exact) mass is 467 g/mol. The van der Waals surface area contributed by atoms with Crippen molar-refractivity contribution in [2.75, 3.05) is 12.8 Å². The second-order valence-corrected chi connectivity index (χ2v) is 10.3. The summed E-state index contributed by atoms with van der Waals surface area (Å²) in [7, 11) is 3.53.